The molecule has 4 rings (SSSR count). The predicted octanol–water partition coefficient (Wildman–Crippen LogP) is 3.67. The van der Waals surface area contributed by atoms with Gasteiger partial charge in [-0.1, -0.05) is 29.8 Å². The number of carbonyl (C=O) groups is 2. The molecule has 1 aromatic heterocycles. The van der Waals surface area contributed by atoms with Crippen LogP contribution in [-0.4, -0.2) is 44.6 Å². The van der Waals surface area contributed by atoms with E-state index in [4.69, 9.17) is 10.1 Å². The Morgan fingerprint density at radius 1 is 1.41 bits per heavy atom. The average molecular weight is 435 g/mol. The zero-order valence-electron chi connectivity index (χ0n) is 15.3. The lowest BCUT2D eigenvalue weighted by atomic mass is 10.0. The number of fused-ring (bicyclic) bond motifs is 1. The molecule has 0 radical (unpaired) electrons. The fourth-order valence-corrected chi connectivity index (χ4v) is 4.42. The molecular formula is C19H23BrN4O3. The molecule has 0 bridgehead atoms. The van der Waals surface area contributed by atoms with Gasteiger partial charge in [0.25, 0.3) is 0 Å². The van der Waals surface area contributed by atoms with E-state index in [0.29, 0.717) is 6.54 Å². The second-order valence-electron chi connectivity index (χ2n) is 8.14. The lowest BCUT2D eigenvalue weighted by molar-refractivity contribution is -0.135. The van der Waals surface area contributed by atoms with Crippen molar-refractivity contribution in [3.63, 3.8) is 0 Å². The van der Waals surface area contributed by atoms with Crippen LogP contribution in [0.15, 0.2) is 22.7 Å². The highest BCUT2D eigenvalue weighted by Crippen LogP contribution is 2.58. The number of rotatable bonds is 4. The minimum absolute atomic E-state index is 0.128. The standard InChI is InChI=1S/C19H23BrN4O3/c1-10(2)15(23-18(26)27)17(25)24-9-19(5-6-19)8-14(24)16-21-12-4-3-11(20)7-13(12)22-16/h3-4,7,10,14-15,23H,5-6,8-9H2,1-2H3,(H,21,22)(H,26,27). The maximum atomic E-state index is 13.2. The third-order valence-electron chi connectivity index (χ3n) is 5.74. The Balaban J connectivity index is 1.67. The fraction of sp³-hybridized carbons (Fsp3) is 0.526. The van der Waals surface area contributed by atoms with E-state index in [9.17, 15) is 9.59 Å². The second kappa shape index (κ2) is 6.51. The van der Waals surface area contributed by atoms with Crippen molar-refractivity contribution in [1.82, 2.24) is 20.2 Å². The van der Waals surface area contributed by atoms with Gasteiger partial charge in [-0.3, -0.25) is 4.79 Å². The summed E-state index contributed by atoms with van der Waals surface area (Å²) >= 11 is 3.47. The van der Waals surface area contributed by atoms with Crippen LogP contribution in [0.3, 0.4) is 0 Å². The molecule has 2 unspecified atom stereocenters. The predicted molar refractivity (Wildman–Crippen MR) is 104 cm³/mol. The van der Waals surface area contributed by atoms with Gasteiger partial charge < -0.3 is 20.3 Å². The number of nitrogens with zero attached hydrogens (tertiary/aromatic N) is 2. The number of amides is 2. The average Bonchev–Trinajstić information content (AvgIpc) is 3.05. The first kappa shape index (κ1) is 18.3. The largest absolute Gasteiger partial charge is 0.465 e. The van der Waals surface area contributed by atoms with Gasteiger partial charge in [-0.15, -0.1) is 0 Å². The summed E-state index contributed by atoms with van der Waals surface area (Å²) in [6, 6.07) is 4.96. The maximum Gasteiger partial charge on any atom is 0.405 e. The number of nitrogens with one attached hydrogen (secondary N) is 2. The molecule has 1 saturated carbocycles. The Kier molecular flexibility index (Phi) is 4.41. The smallest absolute Gasteiger partial charge is 0.405 e. The van der Waals surface area contributed by atoms with Crippen LogP contribution >= 0.6 is 15.9 Å². The number of hydrogen-bond acceptors (Lipinski definition) is 3. The van der Waals surface area contributed by atoms with Gasteiger partial charge in [0.05, 0.1) is 17.1 Å². The highest BCUT2D eigenvalue weighted by Gasteiger charge is 2.55. The summed E-state index contributed by atoms with van der Waals surface area (Å²) in [6.45, 7) is 4.38. The molecule has 27 heavy (non-hydrogen) atoms. The van der Waals surface area contributed by atoms with Crippen LogP contribution in [0.1, 0.15) is 45.0 Å². The van der Waals surface area contributed by atoms with Crippen LogP contribution < -0.4 is 5.32 Å². The summed E-state index contributed by atoms with van der Waals surface area (Å²) in [7, 11) is 0. The molecule has 2 heterocycles. The third kappa shape index (κ3) is 3.42. The number of hydrogen-bond donors (Lipinski definition) is 3. The molecule has 1 aromatic carbocycles. The first-order valence-corrected chi connectivity index (χ1v) is 10.0. The van der Waals surface area contributed by atoms with Crippen molar-refractivity contribution in [1.29, 1.82) is 0 Å². The molecule has 8 heteroatoms. The molecule has 1 spiro atoms. The minimum atomic E-state index is -1.17. The molecule has 1 aliphatic carbocycles. The Morgan fingerprint density at radius 3 is 2.78 bits per heavy atom. The van der Waals surface area contributed by atoms with Crippen molar-refractivity contribution < 1.29 is 14.7 Å². The number of imidazole rings is 1. The number of likely N-dealkylation sites (tertiary alicyclic amines) is 1. The number of halogens is 1. The van der Waals surface area contributed by atoms with Crippen LogP contribution in [0.5, 0.6) is 0 Å². The van der Waals surface area contributed by atoms with E-state index >= 15 is 0 Å². The first-order valence-electron chi connectivity index (χ1n) is 9.23. The Hall–Kier alpha value is -2.09. The summed E-state index contributed by atoms with van der Waals surface area (Å²) in [5, 5.41) is 11.5. The molecule has 1 aliphatic heterocycles. The van der Waals surface area contributed by atoms with Crippen molar-refractivity contribution in [2.24, 2.45) is 11.3 Å². The summed E-state index contributed by atoms with van der Waals surface area (Å²) < 4.78 is 0.966. The lowest BCUT2D eigenvalue weighted by Crippen LogP contribution is -2.51. The van der Waals surface area contributed by atoms with Crippen LogP contribution in [-0.2, 0) is 4.79 Å². The zero-order valence-corrected chi connectivity index (χ0v) is 16.9. The molecule has 2 fully saturated rings. The van der Waals surface area contributed by atoms with Crippen LogP contribution in [0.25, 0.3) is 11.0 Å². The van der Waals surface area contributed by atoms with E-state index in [1.807, 2.05) is 36.9 Å². The Morgan fingerprint density at radius 2 is 2.15 bits per heavy atom. The zero-order chi connectivity index (χ0) is 19.3. The lowest BCUT2D eigenvalue weighted by Gasteiger charge is -2.29. The summed E-state index contributed by atoms with van der Waals surface area (Å²) in [5.74, 6) is 0.484. The van der Waals surface area contributed by atoms with E-state index in [2.05, 4.69) is 26.2 Å². The minimum Gasteiger partial charge on any atom is -0.465 e. The summed E-state index contributed by atoms with van der Waals surface area (Å²) in [5.41, 5.74) is 1.96. The van der Waals surface area contributed by atoms with Gasteiger partial charge in [0.1, 0.15) is 11.9 Å². The number of aromatic nitrogens is 2. The normalized spacial score (nSPS) is 21.8. The van der Waals surface area contributed by atoms with E-state index in [0.717, 1.165) is 40.6 Å². The SMILES string of the molecule is CC(C)C(NC(=O)O)C(=O)N1CC2(CC2)CC1c1nc2ccc(Br)cc2[nH]1. The quantitative estimate of drug-likeness (QED) is 0.683. The molecule has 1 saturated heterocycles. The molecule has 2 aliphatic rings. The van der Waals surface area contributed by atoms with Crippen molar-refractivity contribution in [2.45, 2.75) is 45.2 Å². The maximum absolute atomic E-state index is 13.2. The Bertz CT molecular complexity index is 905. The van der Waals surface area contributed by atoms with Crippen molar-refractivity contribution >= 4 is 39.0 Å². The number of aromatic amines is 1. The number of benzene rings is 1. The van der Waals surface area contributed by atoms with Crippen LogP contribution in [0.4, 0.5) is 4.79 Å². The van der Waals surface area contributed by atoms with Gasteiger partial charge in [0, 0.05) is 11.0 Å². The highest BCUT2D eigenvalue weighted by molar-refractivity contribution is 9.10. The summed E-state index contributed by atoms with van der Waals surface area (Å²) in [6.07, 6.45) is 1.92. The van der Waals surface area contributed by atoms with Crippen molar-refractivity contribution in [3.8, 4) is 0 Å². The van der Waals surface area contributed by atoms with E-state index in [1.54, 1.807) is 0 Å². The van der Waals surface area contributed by atoms with Crippen LogP contribution in [0, 0.1) is 11.3 Å². The summed E-state index contributed by atoms with van der Waals surface area (Å²) in [4.78, 5) is 34.3. The van der Waals surface area contributed by atoms with Crippen LogP contribution in [0.2, 0.25) is 0 Å². The van der Waals surface area contributed by atoms with Gasteiger partial charge in [0.2, 0.25) is 5.91 Å². The molecule has 2 amide bonds. The van der Waals surface area contributed by atoms with E-state index < -0.39 is 12.1 Å². The number of H-pyrrole nitrogens is 1. The number of carboxylic acid groups (broad SMARTS) is 1. The topological polar surface area (TPSA) is 98.3 Å². The van der Waals surface area contributed by atoms with Crippen molar-refractivity contribution in [2.75, 3.05) is 6.54 Å². The van der Waals surface area contributed by atoms with Gasteiger partial charge in [-0.25, -0.2) is 9.78 Å². The molecular weight excluding hydrogens is 412 g/mol. The second-order valence-corrected chi connectivity index (χ2v) is 9.06. The monoisotopic (exact) mass is 434 g/mol. The molecule has 144 valence electrons. The molecule has 3 N–H and O–H groups in total. The third-order valence-corrected chi connectivity index (χ3v) is 6.23. The van der Waals surface area contributed by atoms with Gasteiger partial charge in [-0.05, 0) is 48.8 Å². The van der Waals surface area contributed by atoms with Gasteiger partial charge in [0.15, 0.2) is 0 Å². The van der Waals surface area contributed by atoms with E-state index in [-0.39, 0.29) is 23.3 Å². The molecule has 2 aromatic rings. The molecule has 2 atom stereocenters. The fourth-order valence-electron chi connectivity index (χ4n) is 4.06. The van der Waals surface area contributed by atoms with Gasteiger partial charge in [-0.2, -0.15) is 0 Å². The highest BCUT2D eigenvalue weighted by atomic mass is 79.9. The number of carbonyl (C=O) groups excluding carboxylic acids is 1. The van der Waals surface area contributed by atoms with E-state index in [1.165, 1.54) is 0 Å². The first-order chi connectivity index (χ1) is 12.8. The molecule has 7 nitrogen and oxygen atoms in total. The Labute approximate surface area is 165 Å². The van der Waals surface area contributed by atoms with Gasteiger partial charge >= 0.3 is 6.09 Å². The van der Waals surface area contributed by atoms with Crippen molar-refractivity contribution in [3.05, 3.63) is 28.5 Å².